The third kappa shape index (κ3) is 3.42. The van der Waals surface area contributed by atoms with E-state index in [1.54, 1.807) is 11.9 Å². The second-order valence-electron chi connectivity index (χ2n) is 4.90. The number of aliphatic hydroxyl groups is 1. The van der Waals surface area contributed by atoms with Crippen molar-refractivity contribution in [2.45, 2.75) is 18.4 Å². The second-order valence-corrected chi connectivity index (χ2v) is 4.90. The predicted molar refractivity (Wildman–Crippen MR) is 69.5 cm³/mol. The Labute approximate surface area is 111 Å². The highest BCUT2D eigenvalue weighted by Gasteiger charge is 2.31. The first-order chi connectivity index (χ1) is 9.00. The van der Waals surface area contributed by atoms with Crippen molar-refractivity contribution in [1.82, 2.24) is 4.98 Å². The van der Waals surface area contributed by atoms with Crippen LogP contribution in [0.2, 0.25) is 0 Å². The van der Waals surface area contributed by atoms with Crippen molar-refractivity contribution in [1.29, 1.82) is 0 Å². The molecule has 19 heavy (non-hydrogen) atoms. The average molecular weight is 266 g/mol. The van der Waals surface area contributed by atoms with Crippen LogP contribution in [0.5, 0.6) is 0 Å². The third-order valence-corrected chi connectivity index (χ3v) is 3.34. The lowest BCUT2D eigenvalue weighted by Gasteiger charge is -2.35. The lowest BCUT2D eigenvalue weighted by molar-refractivity contribution is -0.0573. The summed E-state index contributed by atoms with van der Waals surface area (Å²) in [7, 11) is 1.79. The third-order valence-electron chi connectivity index (χ3n) is 3.34. The van der Waals surface area contributed by atoms with Crippen molar-refractivity contribution in [2.75, 3.05) is 31.7 Å². The molecule has 2 heterocycles. The highest BCUT2D eigenvalue weighted by molar-refractivity contribution is 5.88. The number of aromatic nitrogens is 1. The van der Waals surface area contributed by atoms with E-state index in [1.165, 1.54) is 18.3 Å². The van der Waals surface area contributed by atoms with Gasteiger partial charge in [-0.15, -0.1) is 0 Å². The molecule has 1 saturated heterocycles. The fourth-order valence-electron chi connectivity index (χ4n) is 2.19. The maximum atomic E-state index is 10.9. The summed E-state index contributed by atoms with van der Waals surface area (Å²) < 4.78 is 5.23. The Bertz CT molecular complexity index is 458. The monoisotopic (exact) mass is 266 g/mol. The van der Waals surface area contributed by atoms with Crippen molar-refractivity contribution in [3.63, 3.8) is 0 Å². The maximum absolute atomic E-state index is 10.9. The molecule has 104 valence electrons. The van der Waals surface area contributed by atoms with Gasteiger partial charge in [-0.3, -0.25) is 0 Å². The fourth-order valence-corrected chi connectivity index (χ4v) is 2.19. The van der Waals surface area contributed by atoms with Crippen LogP contribution in [0, 0.1) is 0 Å². The highest BCUT2D eigenvalue weighted by atomic mass is 16.5. The van der Waals surface area contributed by atoms with Crippen molar-refractivity contribution in [2.24, 2.45) is 0 Å². The van der Waals surface area contributed by atoms with Gasteiger partial charge in [0.2, 0.25) is 0 Å². The molecule has 6 nitrogen and oxygen atoms in total. The van der Waals surface area contributed by atoms with Crippen LogP contribution in [0.15, 0.2) is 18.3 Å². The summed E-state index contributed by atoms with van der Waals surface area (Å²) >= 11 is 0. The lowest BCUT2D eigenvalue weighted by Crippen LogP contribution is -2.46. The first-order valence-electron chi connectivity index (χ1n) is 6.21. The van der Waals surface area contributed by atoms with Crippen molar-refractivity contribution in [3.05, 3.63) is 23.9 Å². The molecule has 0 atom stereocenters. The van der Waals surface area contributed by atoms with Crippen LogP contribution in [0.4, 0.5) is 5.82 Å². The molecule has 6 heteroatoms. The molecule has 0 unspecified atom stereocenters. The first-order valence-corrected chi connectivity index (χ1v) is 6.21. The number of ether oxygens (including phenoxy) is 1. The normalized spacial score (nSPS) is 18.0. The zero-order valence-corrected chi connectivity index (χ0v) is 10.9. The lowest BCUT2D eigenvalue weighted by atomic mass is 9.94. The van der Waals surface area contributed by atoms with E-state index in [4.69, 9.17) is 9.84 Å². The summed E-state index contributed by atoms with van der Waals surface area (Å²) in [4.78, 5) is 16.8. The summed E-state index contributed by atoms with van der Waals surface area (Å²) in [6, 6.07) is 2.95. The van der Waals surface area contributed by atoms with E-state index in [-0.39, 0.29) is 5.56 Å². The van der Waals surface area contributed by atoms with Crippen LogP contribution in [-0.2, 0) is 4.74 Å². The van der Waals surface area contributed by atoms with Gasteiger partial charge in [-0.2, -0.15) is 0 Å². The molecular weight excluding hydrogens is 248 g/mol. The van der Waals surface area contributed by atoms with Crippen LogP contribution in [0.25, 0.3) is 0 Å². The average Bonchev–Trinajstić information content (AvgIpc) is 2.39. The van der Waals surface area contributed by atoms with E-state index in [0.29, 0.717) is 38.4 Å². The van der Waals surface area contributed by atoms with Crippen LogP contribution in [0.1, 0.15) is 23.2 Å². The van der Waals surface area contributed by atoms with Gasteiger partial charge < -0.3 is 19.8 Å². The number of carboxylic acid groups (broad SMARTS) is 1. The summed E-state index contributed by atoms with van der Waals surface area (Å²) in [6.07, 6.45) is 2.62. The van der Waals surface area contributed by atoms with Crippen molar-refractivity contribution < 1.29 is 19.7 Å². The van der Waals surface area contributed by atoms with Gasteiger partial charge in [-0.1, -0.05) is 0 Å². The maximum Gasteiger partial charge on any atom is 0.335 e. The number of hydrogen-bond donors (Lipinski definition) is 2. The molecule has 0 aromatic carbocycles. The van der Waals surface area contributed by atoms with E-state index in [9.17, 15) is 9.90 Å². The van der Waals surface area contributed by atoms with E-state index in [1.807, 2.05) is 0 Å². The minimum absolute atomic E-state index is 0.191. The molecule has 0 aliphatic carbocycles. The summed E-state index contributed by atoms with van der Waals surface area (Å²) in [5.41, 5.74) is -0.607. The van der Waals surface area contributed by atoms with Gasteiger partial charge in [-0.25, -0.2) is 9.78 Å². The Morgan fingerprint density at radius 3 is 2.84 bits per heavy atom. The molecule has 2 rings (SSSR count). The number of pyridine rings is 1. The van der Waals surface area contributed by atoms with E-state index < -0.39 is 11.6 Å². The molecule has 2 N–H and O–H groups in total. The zero-order chi connectivity index (χ0) is 13.9. The number of rotatable bonds is 4. The number of carbonyl (C=O) groups is 1. The van der Waals surface area contributed by atoms with E-state index in [2.05, 4.69) is 4.98 Å². The number of carboxylic acids is 1. The molecule has 1 aliphatic heterocycles. The smallest absolute Gasteiger partial charge is 0.335 e. The van der Waals surface area contributed by atoms with Gasteiger partial charge in [0.25, 0.3) is 0 Å². The quantitative estimate of drug-likeness (QED) is 0.837. The van der Waals surface area contributed by atoms with E-state index in [0.717, 1.165) is 0 Å². The SMILES string of the molecule is CN(CC1(O)CCOCC1)c1cc(C(=O)O)ccn1. The first kappa shape index (κ1) is 13.8. The predicted octanol–water partition coefficient (Wildman–Crippen LogP) is 0.757. The van der Waals surface area contributed by atoms with Crippen LogP contribution in [-0.4, -0.2) is 53.6 Å². The van der Waals surface area contributed by atoms with Gasteiger partial charge in [0, 0.05) is 45.8 Å². The van der Waals surface area contributed by atoms with Crippen molar-refractivity contribution >= 4 is 11.8 Å². The minimum Gasteiger partial charge on any atom is -0.478 e. The number of hydrogen-bond acceptors (Lipinski definition) is 5. The molecule has 0 amide bonds. The van der Waals surface area contributed by atoms with Crippen LogP contribution < -0.4 is 4.90 Å². The highest BCUT2D eigenvalue weighted by Crippen LogP contribution is 2.23. The Kier molecular flexibility index (Phi) is 4.01. The van der Waals surface area contributed by atoms with Gasteiger partial charge in [0.05, 0.1) is 11.2 Å². The molecule has 0 spiro atoms. The molecule has 1 aromatic rings. The standard InChI is InChI=1S/C13H18N2O4/c1-15(9-13(18)3-6-19-7-4-13)11-8-10(12(16)17)2-5-14-11/h2,5,8,18H,3-4,6-7,9H2,1H3,(H,16,17). The summed E-state index contributed by atoms with van der Waals surface area (Å²) in [5, 5.41) is 19.4. The summed E-state index contributed by atoms with van der Waals surface area (Å²) in [6.45, 7) is 1.51. The van der Waals surface area contributed by atoms with Gasteiger partial charge >= 0.3 is 5.97 Å². The minimum atomic E-state index is -0.984. The molecule has 0 radical (unpaired) electrons. The molecule has 1 aliphatic rings. The number of aromatic carboxylic acids is 1. The van der Waals surface area contributed by atoms with Crippen LogP contribution >= 0.6 is 0 Å². The van der Waals surface area contributed by atoms with E-state index >= 15 is 0 Å². The van der Waals surface area contributed by atoms with Crippen LogP contribution in [0.3, 0.4) is 0 Å². The van der Waals surface area contributed by atoms with Gasteiger partial charge in [-0.05, 0) is 12.1 Å². The van der Waals surface area contributed by atoms with Gasteiger partial charge in [0.1, 0.15) is 5.82 Å². The Hall–Kier alpha value is -1.66. The Morgan fingerprint density at radius 2 is 2.21 bits per heavy atom. The van der Waals surface area contributed by atoms with Gasteiger partial charge in [0.15, 0.2) is 0 Å². The molecule has 1 aromatic heterocycles. The topological polar surface area (TPSA) is 82.9 Å². The second kappa shape index (κ2) is 5.54. The molecule has 0 bridgehead atoms. The molecular formula is C13H18N2O4. The number of likely N-dealkylation sites (N-methyl/N-ethyl adjacent to an activating group) is 1. The zero-order valence-electron chi connectivity index (χ0n) is 10.9. The Balaban J connectivity index is 2.08. The van der Waals surface area contributed by atoms with Crippen molar-refractivity contribution in [3.8, 4) is 0 Å². The fraction of sp³-hybridized carbons (Fsp3) is 0.538. The largest absolute Gasteiger partial charge is 0.478 e. The number of anilines is 1. The molecule has 0 saturated carbocycles. The molecule has 1 fully saturated rings. The Morgan fingerprint density at radius 1 is 1.53 bits per heavy atom. The number of nitrogens with zero attached hydrogens (tertiary/aromatic N) is 2. The summed E-state index contributed by atoms with van der Waals surface area (Å²) in [5.74, 6) is -0.443.